The summed E-state index contributed by atoms with van der Waals surface area (Å²) in [4.78, 5) is 52.5. The fraction of sp³-hybridized carbons (Fsp3) is 0.500. The first-order valence-electron chi connectivity index (χ1n) is 17.1. The number of para-hydroxylation sites is 1. The summed E-state index contributed by atoms with van der Waals surface area (Å²) in [5.74, 6) is 0.0549. The lowest BCUT2D eigenvalue weighted by molar-refractivity contribution is -0.135. The Morgan fingerprint density at radius 3 is 2.40 bits per heavy atom. The van der Waals surface area contributed by atoms with Crippen LogP contribution in [-0.4, -0.2) is 118 Å². The molecule has 48 heavy (non-hydrogen) atoms. The monoisotopic (exact) mass is 674 g/mol. The highest BCUT2D eigenvalue weighted by molar-refractivity contribution is 5.88. The van der Waals surface area contributed by atoms with Crippen LogP contribution in [0.5, 0.6) is 0 Å². The maximum atomic E-state index is 14.1. The fourth-order valence-electron chi connectivity index (χ4n) is 7.86. The molecule has 12 heteroatoms. The summed E-state index contributed by atoms with van der Waals surface area (Å²) in [7, 11) is 2.18. The van der Waals surface area contributed by atoms with Gasteiger partial charge in [-0.25, -0.2) is 4.79 Å². The zero-order valence-electron chi connectivity index (χ0n) is 27.9. The van der Waals surface area contributed by atoms with E-state index in [-0.39, 0.29) is 35.8 Å². The van der Waals surface area contributed by atoms with Crippen molar-refractivity contribution in [3.8, 4) is 0 Å². The number of piperazine rings is 1. The van der Waals surface area contributed by atoms with Crippen LogP contribution in [-0.2, 0) is 11.2 Å². The van der Waals surface area contributed by atoms with Gasteiger partial charge in [0.25, 0.3) is 5.56 Å². The number of benzene rings is 2. The highest BCUT2D eigenvalue weighted by Crippen LogP contribution is 2.28. The molecule has 2 aromatic heterocycles. The maximum Gasteiger partial charge on any atom is 0.318 e. The van der Waals surface area contributed by atoms with E-state index in [0.717, 1.165) is 64.7 Å². The number of rotatable bonds is 6. The molecular weight excluding hydrogens is 628 g/mol. The highest BCUT2D eigenvalue weighted by Gasteiger charge is 2.34. The number of carbonyl (C=O) groups excluding carboxylic acids is 2. The Kier molecular flexibility index (Phi) is 10.4. The van der Waals surface area contributed by atoms with Crippen molar-refractivity contribution >= 4 is 46.2 Å². The molecule has 3 aliphatic heterocycles. The van der Waals surface area contributed by atoms with Crippen LogP contribution in [0.15, 0.2) is 53.5 Å². The third kappa shape index (κ3) is 7.23. The van der Waals surface area contributed by atoms with Gasteiger partial charge in [-0.1, -0.05) is 24.3 Å². The predicted molar refractivity (Wildman–Crippen MR) is 191 cm³/mol. The smallest absolute Gasteiger partial charge is 0.318 e. The lowest BCUT2D eigenvalue weighted by Crippen LogP contribution is -2.59. The predicted octanol–water partition coefficient (Wildman–Crippen LogP) is 3.87. The molecule has 3 amide bonds. The molecule has 0 spiro atoms. The van der Waals surface area contributed by atoms with Gasteiger partial charge in [0, 0.05) is 68.2 Å². The van der Waals surface area contributed by atoms with Crippen molar-refractivity contribution in [2.45, 2.75) is 57.0 Å². The van der Waals surface area contributed by atoms with Crippen LogP contribution in [0.25, 0.3) is 21.8 Å². The van der Waals surface area contributed by atoms with E-state index in [0.29, 0.717) is 51.5 Å². The molecule has 3 saturated heterocycles. The molecule has 3 fully saturated rings. The molecule has 1 unspecified atom stereocenters. The number of amides is 3. The average Bonchev–Trinajstić information content (AvgIpc) is 3.57. The van der Waals surface area contributed by atoms with Crippen molar-refractivity contribution in [3.05, 3.63) is 75.7 Å². The minimum Gasteiger partial charge on any atom is -0.338 e. The molecule has 3 N–H and O–H groups in total. The van der Waals surface area contributed by atoms with E-state index in [9.17, 15) is 14.4 Å². The van der Waals surface area contributed by atoms with Gasteiger partial charge in [0.2, 0.25) is 5.91 Å². The molecule has 11 nitrogen and oxygen atoms in total. The molecule has 256 valence electrons. The summed E-state index contributed by atoms with van der Waals surface area (Å²) in [5, 5.41) is 12.4. The Balaban J connectivity index is 0.00000401. The zero-order valence-corrected chi connectivity index (χ0v) is 28.7. The molecule has 1 atom stereocenters. The standard InChI is InChI=1S/C36H46N8O3.ClH/c1-24-19-25(20-28-23-37-40-33(24)28)21-32(35(46)43-17-15-42(16-18-43)29-9-11-41(2)12-10-29)39-36(47)44-13-7-26(8-14-44)30-22-27-5-3-4-6-31(27)38-34(30)45;/h3-6,19-20,22-23,26,29,32H,7-18,21H2,1-2H3,(H,37,40)(H,38,45)(H,39,47);1H. The SMILES string of the molecule is Cc1cc(CC(NC(=O)N2CCC(c3cc4ccccc4[nH]c3=O)CC2)C(=O)N2CCN(C3CCN(C)CC3)CC2)cc2cn[nH]c12.Cl. The Morgan fingerprint density at radius 1 is 0.917 bits per heavy atom. The van der Waals surface area contributed by atoms with Crippen molar-refractivity contribution in [1.82, 2.24) is 40.1 Å². The lowest BCUT2D eigenvalue weighted by atomic mass is 9.89. The van der Waals surface area contributed by atoms with Crippen LogP contribution in [0.2, 0.25) is 0 Å². The van der Waals surface area contributed by atoms with Crippen LogP contribution in [0.4, 0.5) is 4.79 Å². The average molecular weight is 675 g/mol. The largest absolute Gasteiger partial charge is 0.338 e. The summed E-state index contributed by atoms with van der Waals surface area (Å²) in [5.41, 5.74) is 4.59. The molecule has 0 saturated carbocycles. The summed E-state index contributed by atoms with van der Waals surface area (Å²) < 4.78 is 0. The number of urea groups is 1. The second-order valence-electron chi connectivity index (χ2n) is 13.8. The number of fused-ring (bicyclic) bond motifs is 2. The number of nitrogens with one attached hydrogen (secondary N) is 3. The minimum atomic E-state index is -0.679. The number of H-pyrrole nitrogens is 2. The summed E-state index contributed by atoms with van der Waals surface area (Å²) in [6, 6.07) is 13.6. The second-order valence-corrected chi connectivity index (χ2v) is 13.8. The van der Waals surface area contributed by atoms with Gasteiger partial charge < -0.3 is 25.0 Å². The number of aromatic amines is 2. The van der Waals surface area contributed by atoms with Gasteiger partial charge >= 0.3 is 6.03 Å². The van der Waals surface area contributed by atoms with Crippen LogP contribution >= 0.6 is 12.4 Å². The molecule has 5 heterocycles. The topological polar surface area (TPSA) is 121 Å². The van der Waals surface area contributed by atoms with Gasteiger partial charge in [-0.3, -0.25) is 19.6 Å². The molecule has 0 radical (unpaired) electrons. The number of hydrogen-bond acceptors (Lipinski definition) is 6. The van der Waals surface area contributed by atoms with Gasteiger partial charge in [-0.05, 0) is 93.4 Å². The number of nitrogens with zero attached hydrogens (tertiary/aromatic N) is 5. The molecule has 3 aliphatic rings. The van der Waals surface area contributed by atoms with E-state index in [2.05, 4.69) is 49.5 Å². The van der Waals surface area contributed by atoms with E-state index in [1.54, 1.807) is 11.1 Å². The van der Waals surface area contributed by atoms with Crippen molar-refractivity contribution in [3.63, 3.8) is 0 Å². The summed E-state index contributed by atoms with van der Waals surface area (Å²) in [6.07, 6.45) is 5.94. The lowest BCUT2D eigenvalue weighted by Gasteiger charge is -2.43. The van der Waals surface area contributed by atoms with Crippen molar-refractivity contribution in [1.29, 1.82) is 0 Å². The maximum absolute atomic E-state index is 14.1. The molecule has 7 rings (SSSR count). The van der Waals surface area contributed by atoms with Gasteiger partial charge in [0.15, 0.2) is 0 Å². The Labute approximate surface area is 287 Å². The third-order valence-corrected chi connectivity index (χ3v) is 10.7. The van der Waals surface area contributed by atoms with Crippen molar-refractivity contribution < 1.29 is 9.59 Å². The molecule has 0 bridgehead atoms. The number of pyridine rings is 1. The van der Waals surface area contributed by atoms with E-state index < -0.39 is 6.04 Å². The van der Waals surface area contributed by atoms with Crippen molar-refractivity contribution in [2.24, 2.45) is 0 Å². The van der Waals surface area contributed by atoms with E-state index in [1.807, 2.05) is 42.2 Å². The number of aryl methyl sites for hydroxylation is 1. The molecular formula is C36H47ClN8O3. The second kappa shape index (κ2) is 14.7. The first kappa shape index (κ1) is 34.0. The van der Waals surface area contributed by atoms with E-state index >= 15 is 0 Å². The number of aromatic nitrogens is 3. The number of likely N-dealkylation sites (tertiary alicyclic amines) is 2. The molecule has 2 aromatic carbocycles. The van der Waals surface area contributed by atoms with Gasteiger partial charge in [0.05, 0.1) is 11.7 Å². The summed E-state index contributed by atoms with van der Waals surface area (Å²) in [6.45, 7) is 8.39. The third-order valence-electron chi connectivity index (χ3n) is 10.7. The number of carbonyl (C=O) groups is 2. The highest BCUT2D eigenvalue weighted by atomic mass is 35.5. The number of hydrogen-bond donors (Lipinski definition) is 3. The van der Waals surface area contributed by atoms with Crippen molar-refractivity contribution in [2.75, 3.05) is 59.4 Å². The number of halogens is 1. The van der Waals surface area contributed by atoms with Gasteiger partial charge in [-0.15, -0.1) is 12.4 Å². The number of piperidine rings is 2. The van der Waals surface area contributed by atoms with Gasteiger partial charge in [0.1, 0.15) is 6.04 Å². The Bertz CT molecular complexity index is 1800. The Morgan fingerprint density at radius 2 is 1.65 bits per heavy atom. The van der Waals surface area contributed by atoms with Crippen LogP contribution in [0, 0.1) is 6.92 Å². The van der Waals surface area contributed by atoms with E-state index in [4.69, 9.17) is 0 Å². The fourth-order valence-corrected chi connectivity index (χ4v) is 7.86. The van der Waals surface area contributed by atoms with Crippen LogP contribution < -0.4 is 10.9 Å². The first-order valence-corrected chi connectivity index (χ1v) is 17.1. The van der Waals surface area contributed by atoms with Crippen LogP contribution in [0.3, 0.4) is 0 Å². The summed E-state index contributed by atoms with van der Waals surface area (Å²) >= 11 is 0. The Hall–Kier alpha value is -3.93. The quantitative estimate of drug-likeness (QED) is 0.286. The van der Waals surface area contributed by atoms with E-state index in [1.165, 1.54) is 12.8 Å². The zero-order chi connectivity index (χ0) is 32.5. The molecule has 0 aliphatic carbocycles. The van der Waals surface area contributed by atoms with Crippen LogP contribution in [0.1, 0.15) is 48.3 Å². The molecule has 4 aromatic rings. The minimum absolute atomic E-state index is 0. The normalized spacial score (nSPS) is 19.4. The van der Waals surface area contributed by atoms with Gasteiger partial charge in [-0.2, -0.15) is 5.10 Å². The first-order chi connectivity index (χ1) is 22.8.